The van der Waals surface area contributed by atoms with Crippen LogP contribution >= 0.6 is 0 Å². The lowest BCUT2D eigenvalue weighted by Gasteiger charge is -2.28. The standard InChI is InChI=1S/C15H20O5/c1-7-3-4-10-13(20-14(18)15(10,19)6-16)12-8(2)11(17)5-9(7)12/h9-13,16-17,19H,1-6H2/t9-,10+,11-,12-,13-,15-/m0/s1. The first-order chi connectivity index (χ1) is 9.40. The van der Waals surface area contributed by atoms with Crippen LogP contribution in [0.15, 0.2) is 24.3 Å². The number of hydrogen-bond acceptors (Lipinski definition) is 5. The van der Waals surface area contributed by atoms with Crippen LogP contribution in [0.2, 0.25) is 0 Å². The number of carbonyl (C=O) groups is 1. The molecule has 0 amide bonds. The van der Waals surface area contributed by atoms with Gasteiger partial charge < -0.3 is 20.1 Å². The predicted molar refractivity (Wildman–Crippen MR) is 70.5 cm³/mol. The Morgan fingerprint density at radius 3 is 2.75 bits per heavy atom. The highest BCUT2D eigenvalue weighted by atomic mass is 16.6. The van der Waals surface area contributed by atoms with E-state index in [0.29, 0.717) is 24.8 Å². The van der Waals surface area contributed by atoms with Gasteiger partial charge in [0.25, 0.3) is 0 Å². The van der Waals surface area contributed by atoms with Crippen molar-refractivity contribution in [1.29, 1.82) is 0 Å². The molecule has 6 atom stereocenters. The van der Waals surface area contributed by atoms with Gasteiger partial charge in [-0.2, -0.15) is 0 Å². The smallest absolute Gasteiger partial charge is 0.341 e. The zero-order valence-electron chi connectivity index (χ0n) is 11.3. The molecule has 0 spiro atoms. The second kappa shape index (κ2) is 4.41. The Kier molecular flexibility index (Phi) is 3.04. The molecule has 3 N–H and O–H groups in total. The fraction of sp³-hybridized carbons (Fsp3) is 0.667. The van der Waals surface area contributed by atoms with Gasteiger partial charge in [-0.25, -0.2) is 4.79 Å². The largest absolute Gasteiger partial charge is 0.459 e. The highest BCUT2D eigenvalue weighted by Gasteiger charge is 2.61. The van der Waals surface area contributed by atoms with Crippen molar-refractivity contribution in [3.05, 3.63) is 24.3 Å². The van der Waals surface area contributed by atoms with Gasteiger partial charge in [-0.3, -0.25) is 0 Å². The van der Waals surface area contributed by atoms with Crippen LogP contribution in [-0.2, 0) is 9.53 Å². The van der Waals surface area contributed by atoms with E-state index in [1.54, 1.807) is 0 Å². The number of hydrogen-bond donors (Lipinski definition) is 3. The summed E-state index contributed by atoms with van der Waals surface area (Å²) < 4.78 is 5.37. The normalized spacial score (nSPS) is 47.8. The van der Waals surface area contributed by atoms with Gasteiger partial charge in [0, 0.05) is 11.8 Å². The predicted octanol–water partition coefficient (Wildman–Crippen LogP) is 0.155. The Morgan fingerprint density at radius 1 is 1.40 bits per heavy atom. The summed E-state index contributed by atoms with van der Waals surface area (Å²) in [6, 6.07) is 0. The molecule has 0 unspecified atom stereocenters. The summed E-state index contributed by atoms with van der Waals surface area (Å²) in [6.07, 6.45) is 0.584. The third-order valence-electron chi connectivity index (χ3n) is 5.27. The fourth-order valence-electron chi connectivity index (χ4n) is 4.05. The molecule has 0 radical (unpaired) electrons. The average molecular weight is 280 g/mol. The quantitative estimate of drug-likeness (QED) is 0.470. The molecular weight excluding hydrogens is 260 g/mol. The van der Waals surface area contributed by atoms with E-state index in [2.05, 4.69) is 13.2 Å². The maximum absolute atomic E-state index is 11.9. The van der Waals surface area contributed by atoms with Crippen LogP contribution in [0.1, 0.15) is 19.3 Å². The van der Waals surface area contributed by atoms with E-state index in [1.165, 1.54) is 0 Å². The SMILES string of the molecule is C=C1[C@@H]2[C@H]3OC(=O)[C@](O)(CO)[C@@H]3CCC(=C)[C@@H]2C[C@@H]1O. The minimum Gasteiger partial charge on any atom is -0.459 e. The van der Waals surface area contributed by atoms with Crippen molar-refractivity contribution < 1.29 is 24.9 Å². The first-order valence-corrected chi connectivity index (χ1v) is 6.99. The van der Waals surface area contributed by atoms with Crippen molar-refractivity contribution in [1.82, 2.24) is 0 Å². The molecule has 20 heavy (non-hydrogen) atoms. The lowest BCUT2D eigenvalue weighted by Crippen LogP contribution is -2.46. The van der Waals surface area contributed by atoms with Crippen molar-refractivity contribution in [3.8, 4) is 0 Å². The Morgan fingerprint density at radius 2 is 2.10 bits per heavy atom. The number of aliphatic hydroxyl groups excluding tert-OH is 2. The van der Waals surface area contributed by atoms with Crippen LogP contribution in [0.4, 0.5) is 0 Å². The second-order valence-corrected chi connectivity index (χ2v) is 6.21. The van der Waals surface area contributed by atoms with Gasteiger partial charge in [0.1, 0.15) is 6.10 Å². The van der Waals surface area contributed by atoms with Gasteiger partial charge in [-0.15, -0.1) is 0 Å². The molecule has 5 heteroatoms. The van der Waals surface area contributed by atoms with Gasteiger partial charge >= 0.3 is 5.97 Å². The van der Waals surface area contributed by atoms with Gasteiger partial charge in [0.15, 0.2) is 5.60 Å². The summed E-state index contributed by atoms with van der Waals surface area (Å²) in [4.78, 5) is 11.9. The van der Waals surface area contributed by atoms with Gasteiger partial charge in [-0.1, -0.05) is 18.7 Å². The molecule has 2 aliphatic carbocycles. The van der Waals surface area contributed by atoms with E-state index < -0.39 is 36.3 Å². The van der Waals surface area contributed by atoms with E-state index in [-0.39, 0.29) is 11.8 Å². The molecule has 2 saturated carbocycles. The average Bonchev–Trinajstić information content (AvgIpc) is 2.79. The third kappa shape index (κ3) is 1.63. The maximum atomic E-state index is 11.9. The minimum atomic E-state index is -1.84. The summed E-state index contributed by atoms with van der Waals surface area (Å²) in [5.74, 6) is -1.43. The molecular formula is C15H20O5. The molecule has 1 heterocycles. The Balaban J connectivity index is 2.02. The zero-order valence-corrected chi connectivity index (χ0v) is 11.3. The third-order valence-corrected chi connectivity index (χ3v) is 5.27. The minimum absolute atomic E-state index is 0.0290. The van der Waals surface area contributed by atoms with Gasteiger partial charge in [0.05, 0.1) is 12.7 Å². The van der Waals surface area contributed by atoms with Crippen molar-refractivity contribution in [2.24, 2.45) is 17.8 Å². The van der Waals surface area contributed by atoms with Crippen molar-refractivity contribution >= 4 is 5.97 Å². The van der Waals surface area contributed by atoms with E-state index in [1.807, 2.05) is 0 Å². The number of carbonyl (C=O) groups excluding carboxylic acids is 1. The van der Waals surface area contributed by atoms with Crippen LogP contribution in [0.3, 0.4) is 0 Å². The molecule has 3 fully saturated rings. The van der Waals surface area contributed by atoms with E-state index in [4.69, 9.17) is 4.74 Å². The summed E-state index contributed by atoms with van der Waals surface area (Å²) >= 11 is 0. The lowest BCUT2D eigenvalue weighted by molar-refractivity contribution is -0.159. The summed E-state index contributed by atoms with van der Waals surface area (Å²) in [7, 11) is 0. The number of allylic oxidation sites excluding steroid dienone is 1. The second-order valence-electron chi connectivity index (χ2n) is 6.21. The lowest BCUT2D eigenvalue weighted by atomic mass is 9.78. The molecule has 1 aliphatic heterocycles. The highest BCUT2D eigenvalue weighted by molar-refractivity contribution is 5.82. The molecule has 0 bridgehead atoms. The van der Waals surface area contributed by atoms with Crippen LogP contribution < -0.4 is 0 Å². The van der Waals surface area contributed by atoms with Gasteiger partial charge in [0.2, 0.25) is 0 Å². The molecule has 5 nitrogen and oxygen atoms in total. The molecule has 0 aromatic carbocycles. The van der Waals surface area contributed by atoms with Crippen molar-refractivity contribution in [2.75, 3.05) is 6.61 Å². The monoisotopic (exact) mass is 280 g/mol. The summed E-state index contributed by atoms with van der Waals surface area (Å²) in [5.41, 5.74) is -0.199. The van der Waals surface area contributed by atoms with E-state index in [9.17, 15) is 20.1 Å². The number of aliphatic hydroxyl groups is 3. The molecule has 1 saturated heterocycles. The van der Waals surface area contributed by atoms with Crippen LogP contribution in [0, 0.1) is 17.8 Å². The highest BCUT2D eigenvalue weighted by Crippen LogP contribution is 2.53. The van der Waals surface area contributed by atoms with Crippen LogP contribution in [0.25, 0.3) is 0 Å². The van der Waals surface area contributed by atoms with Crippen molar-refractivity contribution in [3.63, 3.8) is 0 Å². The summed E-state index contributed by atoms with van der Waals surface area (Å²) in [6.45, 7) is 7.35. The fourth-order valence-corrected chi connectivity index (χ4v) is 4.05. The Bertz CT molecular complexity index is 485. The number of esters is 1. The Hall–Kier alpha value is -1.17. The maximum Gasteiger partial charge on any atom is 0.341 e. The zero-order chi connectivity index (χ0) is 14.7. The molecule has 3 rings (SSSR count). The number of ether oxygens (including phenoxy) is 1. The molecule has 0 aromatic heterocycles. The first-order valence-electron chi connectivity index (χ1n) is 6.99. The van der Waals surface area contributed by atoms with Crippen molar-refractivity contribution in [2.45, 2.75) is 37.1 Å². The molecule has 3 aliphatic rings. The number of fused-ring (bicyclic) bond motifs is 3. The molecule has 0 aromatic rings. The topological polar surface area (TPSA) is 87.0 Å². The van der Waals surface area contributed by atoms with E-state index >= 15 is 0 Å². The van der Waals surface area contributed by atoms with Gasteiger partial charge in [-0.05, 0) is 30.8 Å². The summed E-state index contributed by atoms with van der Waals surface area (Å²) in [5, 5.41) is 29.8. The Labute approximate surface area is 117 Å². The molecule has 110 valence electrons. The number of rotatable bonds is 1. The van der Waals surface area contributed by atoms with E-state index in [0.717, 1.165) is 5.57 Å². The van der Waals surface area contributed by atoms with Crippen LogP contribution in [0.5, 0.6) is 0 Å². The first kappa shape index (κ1) is 13.8. The van der Waals surface area contributed by atoms with Crippen LogP contribution in [-0.4, -0.2) is 45.7 Å².